The number of hydrogen-bond acceptors (Lipinski definition) is 5. The van der Waals surface area contributed by atoms with Gasteiger partial charge in [-0.2, -0.15) is 0 Å². The zero-order valence-corrected chi connectivity index (χ0v) is 14.0. The summed E-state index contributed by atoms with van der Waals surface area (Å²) in [6.07, 6.45) is 3.43. The molecule has 0 amide bonds. The van der Waals surface area contributed by atoms with Crippen molar-refractivity contribution in [1.82, 2.24) is 10.2 Å². The van der Waals surface area contributed by atoms with Gasteiger partial charge in [0.15, 0.2) is 11.5 Å². The lowest BCUT2D eigenvalue weighted by Crippen LogP contribution is -1.84. The predicted molar refractivity (Wildman–Crippen MR) is 93.3 cm³/mol. The van der Waals surface area contributed by atoms with E-state index < -0.39 is 0 Å². The van der Waals surface area contributed by atoms with E-state index in [2.05, 4.69) is 10.2 Å². The summed E-state index contributed by atoms with van der Waals surface area (Å²) in [5.74, 6) is 1.09. The summed E-state index contributed by atoms with van der Waals surface area (Å²) >= 11 is 12.0. The molecule has 0 aliphatic heterocycles. The van der Waals surface area contributed by atoms with Gasteiger partial charge in [-0.1, -0.05) is 29.3 Å². The number of benzene rings is 2. The minimum absolute atomic E-state index is 0.0760. The third-order valence-electron chi connectivity index (χ3n) is 3.22. The summed E-state index contributed by atoms with van der Waals surface area (Å²) in [7, 11) is 1.49. The SMILES string of the molecule is COc1cc(/C=C/c2nnc(-c3ccc(Cl)cc3Cl)o2)ccc1O. The molecule has 7 heteroatoms. The normalized spacial score (nSPS) is 11.1. The summed E-state index contributed by atoms with van der Waals surface area (Å²) in [6, 6.07) is 10.0. The van der Waals surface area contributed by atoms with Gasteiger partial charge >= 0.3 is 0 Å². The largest absolute Gasteiger partial charge is 0.504 e. The van der Waals surface area contributed by atoms with Crippen LogP contribution < -0.4 is 4.74 Å². The number of aromatic hydroxyl groups is 1. The van der Waals surface area contributed by atoms with Crippen molar-refractivity contribution in [1.29, 1.82) is 0 Å². The number of methoxy groups -OCH3 is 1. The van der Waals surface area contributed by atoms with Crippen LogP contribution in [0.5, 0.6) is 11.5 Å². The molecule has 122 valence electrons. The van der Waals surface area contributed by atoms with Gasteiger partial charge in [0.25, 0.3) is 0 Å². The van der Waals surface area contributed by atoms with Crippen molar-refractivity contribution in [2.45, 2.75) is 0 Å². The highest BCUT2D eigenvalue weighted by atomic mass is 35.5. The number of ether oxygens (including phenoxy) is 1. The molecule has 0 unspecified atom stereocenters. The van der Waals surface area contributed by atoms with E-state index >= 15 is 0 Å². The maximum atomic E-state index is 9.58. The molecule has 0 saturated heterocycles. The summed E-state index contributed by atoms with van der Waals surface area (Å²) in [6.45, 7) is 0. The smallest absolute Gasteiger partial charge is 0.249 e. The first kappa shape index (κ1) is 16.4. The van der Waals surface area contributed by atoms with Gasteiger partial charge in [0, 0.05) is 11.1 Å². The Hall–Kier alpha value is -2.50. The maximum absolute atomic E-state index is 9.58. The second kappa shape index (κ2) is 6.95. The Morgan fingerprint density at radius 3 is 2.67 bits per heavy atom. The first-order chi connectivity index (χ1) is 11.6. The van der Waals surface area contributed by atoms with Gasteiger partial charge in [-0.3, -0.25) is 0 Å². The van der Waals surface area contributed by atoms with Crippen LogP contribution in [0.15, 0.2) is 40.8 Å². The molecule has 0 bridgehead atoms. The fourth-order valence-electron chi connectivity index (χ4n) is 2.04. The Morgan fingerprint density at radius 1 is 1.08 bits per heavy atom. The van der Waals surface area contributed by atoms with Gasteiger partial charge in [0.1, 0.15) is 0 Å². The molecule has 3 aromatic rings. The summed E-state index contributed by atoms with van der Waals surface area (Å²) in [4.78, 5) is 0. The molecule has 0 fully saturated rings. The lowest BCUT2D eigenvalue weighted by molar-refractivity contribution is 0.373. The maximum Gasteiger partial charge on any atom is 0.249 e. The average molecular weight is 363 g/mol. The van der Waals surface area contributed by atoms with Gasteiger partial charge in [-0.05, 0) is 42.0 Å². The van der Waals surface area contributed by atoms with Crippen LogP contribution >= 0.6 is 23.2 Å². The van der Waals surface area contributed by atoms with Crippen LogP contribution in [0.1, 0.15) is 11.5 Å². The van der Waals surface area contributed by atoms with Gasteiger partial charge in [0.2, 0.25) is 11.8 Å². The number of phenolic OH excluding ortho intramolecular Hbond substituents is 1. The van der Waals surface area contributed by atoms with Gasteiger partial charge in [-0.25, -0.2) is 0 Å². The number of hydrogen-bond donors (Lipinski definition) is 1. The van der Waals surface area contributed by atoms with Crippen molar-refractivity contribution in [3.8, 4) is 23.0 Å². The Bertz CT molecular complexity index is 907. The Morgan fingerprint density at radius 2 is 1.92 bits per heavy atom. The van der Waals surface area contributed by atoms with Crippen LogP contribution in [0.3, 0.4) is 0 Å². The first-order valence-corrected chi connectivity index (χ1v) is 7.66. The molecular formula is C17H12Cl2N2O3. The minimum Gasteiger partial charge on any atom is -0.504 e. The van der Waals surface area contributed by atoms with Crippen molar-refractivity contribution < 1.29 is 14.3 Å². The standard InChI is InChI=1S/C17H12Cl2N2O3/c1-23-15-8-10(2-6-14(15)22)3-7-16-20-21-17(24-16)12-5-4-11(18)9-13(12)19/h2-9,22H,1H3/b7-3+. The van der Waals surface area contributed by atoms with E-state index in [4.69, 9.17) is 32.4 Å². The molecule has 24 heavy (non-hydrogen) atoms. The van der Waals surface area contributed by atoms with Crippen LogP contribution in [0, 0.1) is 0 Å². The molecule has 0 aliphatic rings. The molecule has 0 saturated carbocycles. The van der Waals surface area contributed by atoms with Crippen molar-refractivity contribution in [2.75, 3.05) is 7.11 Å². The van der Waals surface area contributed by atoms with E-state index in [1.165, 1.54) is 7.11 Å². The number of nitrogens with zero attached hydrogens (tertiary/aromatic N) is 2. The van der Waals surface area contributed by atoms with Crippen molar-refractivity contribution in [2.24, 2.45) is 0 Å². The number of halogens is 2. The molecule has 1 heterocycles. The third kappa shape index (κ3) is 3.53. The topological polar surface area (TPSA) is 68.4 Å². The molecule has 1 N–H and O–H groups in total. The van der Waals surface area contributed by atoms with Gasteiger partial charge in [0.05, 0.1) is 17.7 Å². The van der Waals surface area contributed by atoms with Crippen LogP contribution in [0.25, 0.3) is 23.6 Å². The Labute approximate surface area is 148 Å². The van der Waals surface area contributed by atoms with Gasteiger partial charge in [-0.15, -0.1) is 10.2 Å². The van der Waals surface area contributed by atoms with Crippen LogP contribution in [0.4, 0.5) is 0 Å². The summed E-state index contributed by atoms with van der Waals surface area (Å²) < 4.78 is 10.6. The monoisotopic (exact) mass is 362 g/mol. The first-order valence-electron chi connectivity index (χ1n) is 6.91. The van der Waals surface area contributed by atoms with Crippen LogP contribution in [-0.4, -0.2) is 22.4 Å². The van der Waals surface area contributed by atoms with Crippen molar-refractivity contribution in [3.05, 3.63) is 57.9 Å². The Balaban J connectivity index is 1.83. The highest BCUT2D eigenvalue weighted by molar-refractivity contribution is 6.36. The molecule has 1 aromatic heterocycles. The second-order valence-corrected chi connectivity index (χ2v) is 5.68. The molecule has 0 aliphatic carbocycles. The van der Waals surface area contributed by atoms with E-state index in [0.717, 1.165) is 5.56 Å². The molecule has 0 atom stereocenters. The lowest BCUT2D eigenvalue weighted by atomic mass is 10.2. The predicted octanol–water partition coefficient (Wildman–Crippen LogP) is 4.93. The fourth-order valence-corrected chi connectivity index (χ4v) is 2.53. The number of phenols is 1. The molecule has 2 aromatic carbocycles. The van der Waals surface area contributed by atoms with E-state index in [1.807, 2.05) is 0 Å². The van der Waals surface area contributed by atoms with Gasteiger partial charge < -0.3 is 14.3 Å². The second-order valence-electron chi connectivity index (χ2n) is 4.83. The highest BCUT2D eigenvalue weighted by Crippen LogP contribution is 2.30. The van der Waals surface area contributed by atoms with Crippen LogP contribution in [-0.2, 0) is 0 Å². The molecule has 0 radical (unpaired) electrons. The number of rotatable bonds is 4. The highest BCUT2D eigenvalue weighted by Gasteiger charge is 2.11. The molecule has 5 nitrogen and oxygen atoms in total. The van der Waals surface area contributed by atoms with E-state index in [9.17, 15) is 5.11 Å². The molecular weight excluding hydrogens is 351 g/mol. The van der Waals surface area contributed by atoms with E-state index in [0.29, 0.717) is 33.1 Å². The fraction of sp³-hybridized carbons (Fsp3) is 0.0588. The van der Waals surface area contributed by atoms with Crippen LogP contribution in [0.2, 0.25) is 10.0 Å². The quantitative estimate of drug-likeness (QED) is 0.712. The summed E-state index contributed by atoms with van der Waals surface area (Å²) in [5.41, 5.74) is 1.42. The molecule has 3 rings (SSSR count). The average Bonchev–Trinajstić information content (AvgIpc) is 3.02. The minimum atomic E-state index is 0.0760. The third-order valence-corrected chi connectivity index (χ3v) is 3.77. The summed E-state index contributed by atoms with van der Waals surface area (Å²) in [5, 5.41) is 18.5. The zero-order valence-electron chi connectivity index (χ0n) is 12.5. The molecule has 0 spiro atoms. The lowest BCUT2D eigenvalue weighted by Gasteiger charge is -2.03. The Kier molecular flexibility index (Phi) is 4.74. The van der Waals surface area contributed by atoms with Crippen molar-refractivity contribution >= 4 is 35.4 Å². The zero-order chi connectivity index (χ0) is 17.1. The number of aromatic nitrogens is 2. The van der Waals surface area contributed by atoms with Crippen molar-refractivity contribution in [3.63, 3.8) is 0 Å². The van der Waals surface area contributed by atoms with E-state index in [1.54, 1.807) is 48.6 Å². The van der Waals surface area contributed by atoms with E-state index in [-0.39, 0.29) is 5.75 Å².